The van der Waals surface area contributed by atoms with Gasteiger partial charge in [-0.15, -0.1) is 0 Å². The van der Waals surface area contributed by atoms with Crippen molar-refractivity contribution in [2.75, 3.05) is 0 Å². The van der Waals surface area contributed by atoms with E-state index in [1.54, 1.807) is 6.07 Å². The molecule has 1 heterocycles. The Labute approximate surface area is 158 Å². The van der Waals surface area contributed by atoms with Crippen molar-refractivity contribution < 1.29 is 18.9 Å². The first-order valence-electron chi connectivity index (χ1n) is 7.92. The number of esters is 1. The van der Waals surface area contributed by atoms with Crippen molar-refractivity contribution in [1.29, 1.82) is 0 Å². The van der Waals surface area contributed by atoms with Crippen LogP contribution < -0.4 is 5.63 Å². The quantitative estimate of drug-likeness (QED) is 0.286. The Morgan fingerprint density at radius 1 is 1.22 bits per heavy atom. The summed E-state index contributed by atoms with van der Waals surface area (Å²) in [6.45, 7) is 3.57. The molecule has 7 nitrogen and oxygen atoms in total. The van der Waals surface area contributed by atoms with Gasteiger partial charge in [-0.1, -0.05) is 23.7 Å². The molecule has 2 aromatic carbocycles. The largest absolute Gasteiger partial charge is 0.457 e. The highest BCUT2D eigenvalue weighted by Crippen LogP contribution is 2.26. The van der Waals surface area contributed by atoms with Crippen LogP contribution in [0.3, 0.4) is 0 Å². The number of nitro groups is 1. The number of nitrogens with zero attached hydrogens (tertiary/aromatic N) is 1. The van der Waals surface area contributed by atoms with Crippen molar-refractivity contribution in [1.82, 2.24) is 0 Å². The molecule has 0 N–H and O–H groups in total. The molecule has 0 bridgehead atoms. The number of aryl methyl sites for hydroxylation is 2. The first-order chi connectivity index (χ1) is 12.8. The maximum absolute atomic E-state index is 12.3. The molecular weight excluding hydrogens is 374 g/mol. The zero-order chi connectivity index (χ0) is 19.7. The van der Waals surface area contributed by atoms with E-state index < -0.39 is 16.5 Å². The molecule has 3 rings (SSSR count). The van der Waals surface area contributed by atoms with Gasteiger partial charge in [0.2, 0.25) is 0 Å². The fourth-order valence-corrected chi connectivity index (χ4v) is 2.90. The topological polar surface area (TPSA) is 99.6 Å². The first-order valence-corrected chi connectivity index (χ1v) is 8.29. The normalized spacial score (nSPS) is 10.8. The van der Waals surface area contributed by atoms with Crippen molar-refractivity contribution in [2.24, 2.45) is 0 Å². The number of hydrogen-bond donors (Lipinski definition) is 0. The highest BCUT2D eigenvalue weighted by Gasteiger charge is 2.17. The summed E-state index contributed by atoms with van der Waals surface area (Å²) >= 11 is 5.94. The van der Waals surface area contributed by atoms with Crippen molar-refractivity contribution in [3.63, 3.8) is 0 Å². The molecule has 0 aliphatic rings. The maximum Gasteiger partial charge on any atom is 0.339 e. The Morgan fingerprint density at radius 3 is 2.63 bits per heavy atom. The lowest BCUT2D eigenvalue weighted by molar-refractivity contribution is -0.384. The van der Waals surface area contributed by atoms with Crippen LogP contribution >= 0.6 is 11.6 Å². The monoisotopic (exact) mass is 387 g/mol. The number of hydrogen-bond acceptors (Lipinski definition) is 6. The summed E-state index contributed by atoms with van der Waals surface area (Å²) in [7, 11) is 0. The molecule has 27 heavy (non-hydrogen) atoms. The third-order valence-electron chi connectivity index (χ3n) is 4.26. The van der Waals surface area contributed by atoms with Gasteiger partial charge in [-0.3, -0.25) is 10.1 Å². The number of fused-ring (bicyclic) bond motifs is 1. The number of rotatable bonds is 4. The number of ether oxygens (including phenoxy) is 1. The Hall–Kier alpha value is -3.19. The standard InChI is InChI=1S/C19H14ClNO6/c1-10-3-5-14-12(7-17(22)27-18(14)11(10)2)9-26-19(23)15-6-4-13(21(24)25)8-16(15)20/h3-8H,9H2,1-2H3. The second-order valence-corrected chi connectivity index (χ2v) is 6.38. The van der Waals surface area contributed by atoms with Crippen LogP contribution in [-0.2, 0) is 11.3 Å². The van der Waals surface area contributed by atoms with E-state index in [0.717, 1.165) is 17.2 Å². The van der Waals surface area contributed by atoms with Crippen molar-refractivity contribution in [3.05, 3.63) is 84.2 Å². The van der Waals surface area contributed by atoms with Gasteiger partial charge in [-0.2, -0.15) is 0 Å². The summed E-state index contributed by atoms with van der Waals surface area (Å²) in [5, 5.41) is 11.3. The van der Waals surface area contributed by atoms with E-state index in [4.69, 9.17) is 20.8 Å². The highest BCUT2D eigenvalue weighted by molar-refractivity contribution is 6.33. The van der Waals surface area contributed by atoms with Crippen LogP contribution in [0.15, 0.2) is 45.6 Å². The van der Waals surface area contributed by atoms with Gasteiger partial charge in [-0.25, -0.2) is 9.59 Å². The number of nitro benzene ring substituents is 1. The van der Waals surface area contributed by atoms with Gasteiger partial charge < -0.3 is 9.15 Å². The van der Waals surface area contributed by atoms with E-state index in [-0.39, 0.29) is 22.9 Å². The van der Waals surface area contributed by atoms with Gasteiger partial charge in [0.05, 0.1) is 15.5 Å². The lowest BCUT2D eigenvalue weighted by Gasteiger charge is -2.10. The Bertz CT molecular complexity index is 1130. The van der Waals surface area contributed by atoms with Crippen molar-refractivity contribution in [2.45, 2.75) is 20.5 Å². The summed E-state index contributed by atoms with van der Waals surface area (Å²) in [4.78, 5) is 34.3. The average molecular weight is 388 g/mol. The summed E-state index contributed by atoms with van der Waals surface area (Å²) in [5.41, 5.74) is 1.97. The molecular formula is C19H14ClNO6. The number of non-ortho nitro benzene ring substituents is 1. The number of carbonyl (C=O) groups excluding carboxylic acids is 1. The Kier molecular flexibility index (Phi) is 4.96. The van der Waals surface area contributed by atoms with Crippen LogP contribution in [0.4, 0.5) is 5.69 Å². The van der Waals surface area contributed by atoms with Crippen LogP contribution in [0.1, 0.15) is 27.0 Å². The third kappa shape index (κ3) is 3.68. The molecule has 8 heteroatoms. The molecule has 0 spiro atoms. The lowest BCUT2D eigenvalue weighted by atomic mass is 10.0. The number of benzene rings is 2. The van der Waals surface area contributed by atoms with E-state index in [9.17, 15) is 19.7 Å². The molecule has 0 unspecified atom stereocenters. The third-order valence-corrected chi connectivity index (χ3v) is 4.57. The number of carbonyl (C=O) groups is 1. The van der Waals surface area contributed by atoms with Crippen LogP contribution in [-0.4, -0.2) is 10.9 Å². The first kappa shape index (κ1) is 18.6. The molecule has 0 atom stereocenters. The molecule has 3 aromatic rings. The molecule has 0 saturated carbocycles. The highest BCUT2D eigenvalue weighted by atomic mass is 35.5. The molecule has 1 aromatic heterocycles. The predicted molar refractivity (Wildman–Crippen MR) is 99.2 cm³/mol. The van der Waals surface area contributed by atoms with Gasteiger partial charge >= 0.3 is 11.6 Å². The van der Waals surface area contributed by atoms with Crippen molar-refractivity contribution in [3.8, 4) is 0 Å². The minimum absolute atomic E-state index is 0.00145. The molecule has 0 amide bonds. The smallest absolute Gasteiger partial charge is 0.339 e. The van der Waals surface area contributed by atoms with Gasteiger partial charge in [0.1, 0.15) is 12.2 Å². The maximum atomic E-state index is 12.3. The second-order valence-electron chi connectivity index (χ2n) is 5.97. The zero-order valence-electron chi connectivity index (χ0n) is 14.4. The van der Waals surface area contributed by atoms with E-state index in [2.05, 4.69) is 0 Å². The SMILES string of the molecule is Cc1ccc2c(COC(=O)c3ccc([N+](=O)[O-])cc3Cl)cc(=O)oc2c1C. The summed E-state index contributed by atoms with van der Waals surface area (Å²) in [6, 6.07) is 8.42. The van der Waals surface area contributed by atoms with Crippen LogP contribution in [0.5, 0.6) is 0 Å². The van der Waals surface area contributed by atoms with E-state index >= 15 is 0 Å². The molecule has 138 valence electrons. The van der Waals surface area contributed by atoms with Crippen LogP contribution in [0.2, 0.25) is 5.02 Å². The zero-order valence-corrected chi connectivity index (χ0v) is 15.2. The van der Waals surface area contributed by atoms with Crippen molar-refractivity contribution >= 4 is 34.2 Å². The molecule has 0 fully saturated rings. The molecule has 0 aliphatic heterocycles. The van der Waals surface area contributed by atoms with Gasteiger partial charge in [0, 0.05) is 29.1 Å². The summed E-state index contributed by atoms with van der Waals surface area (Å²) < 4.78 is 10.5. The minimum Gasteiger partial charge on any atom is -0.457 e. The van der Waals surface area contributed by atoms with Gasteiger partial charge in [0.15, 0.2) is 0 Å². The second kappa shape index (κ2) is 7.20. The van der Waals surface area contributed by atoms with E-state index in [0.29, 0.717) is 16.5 Å². The van der Waals surface area contributed by atoms with Crippen LogP contribution in [0.25, 0.3) is 11.0 Å². The molecule has 0 aliphatic carbocycles. The average Bonchev–Trinajstić information content (AvgIpc) is 2.62. The predicted octanol–water partition coefficient (Wildman–Crippen LogP) is 4.33. The van der Waals surface area contributed by atoms with E-state index in [1.165, 1.54) is 18.2 Å². The lowest BCUT2D eigenvalue weighted by Crippen LogP contribution is -2.09. The van der Waals surface area contributed by atoms with Gasteiger partial charge in [0.25, 0.3) is 5.69 Å². The molecule has 0 saturated heterocycles. The fraction of sp³-hybridized carbons (Fsp3) is 0.158. The molecule has 0 radical (unpaired) electrons. The fourth-order valence-electron chi connectivity index (χ4n) is 2.65. The Balaban J connectivity index is 1.89. The Morgan fingerprint density at radius 2 is 1.96 bits per heavy atom. The van der Waals surface area contributed by atoms with Crippen LogP contribution in [0, 0.1) is 24.0 Å². The summed E-state index contributed by atoms with van der Waals surface area (Å²) in [6.07, 6.45) is 0. The van der Waals surface area contributed by atoms with E-state index in [1.807, 2.05) is 19.9 Å². The summed E-state index contributed by atoms with van der Waals surface area (Å²) in [5.74, 6) is -0.750. The van der Waals surface area contributed by atoms with Gasteiger partial charge in [-0.05, 0) is 31.0 Å². The number of halogens is 1. The minimum atomic E-state index is -0.750.